The average molecular weight is 159 g/mol. The Morgan fingerprint density at radius 3 is 2.56 bits per heavy atom. The van der Waals surface area contributed by atoms with Crippen LogP contribution in [0.3, 0.4) is 0 Å². The number of aryl methyl sites for hydroxylation is 1. The Labute approximate surface area is 61.7 Å². The fraction of sp³-hybridized carbons (Fsp3) is 0.333. The van der Waals surface area contributed by atoms with Gasteiger partial charge in [0, 0.05) is 11.7 Å². The first-order valence-corrected chi connectivity index (χ1v) is 4.17. The van der Waals surface area contributed by atoms with E-state index in [9.17, 15) is 0 Å². The summed E-state index contributed by atoms with van der Waals surface area (Å²) in [6.45, 7) is 2.11. The summed E-state index contributed by atoms with van der Waals surface area (Å²) in [6, 6.07) is 2.15. The molecule has 0 bridgehead atoms. The highest BCUT2D eigenvalue weighted by Gasteiger charge is 1.97. The molecule has 0 aliphatic heterocycles. The lowest BCUT2D eigenvalue weighted by Crippen LogP contribution is -1.83. The molecule has 0 aliphatic rings. The van der Waals surface area contributed by atoms with Crippen LogP contribution in [0.25, 0.3) is 0 Å². The Kier molecular flexibility index (Phi) is 2.09. The van der Waals surface area contributed by atoms with Gasteiger partial charge in [0.2, 0.25) is 0 Å². The van der Waals surface area contributed by atoms with Crippen LogP contribution >= 0.6 is 20.6 Å². The third-order valence-electron chi connectivity index (χ3n) is 1.16. The second-order valence-corrected chi connectivity index (χ2v) is 4.04. The molecular weight excluding hydrogens is 149 g/mol. The van der Waals surface area contributed by atoms with Crippen LogP contribution in [0.2, 0.25) is 0 Å². The maximum absolute atomic E-state index is 3.12. The molecule has 0 spiro atoms. The molecule has 1 atom stereocenters. The summed E-state index contributed by atoms with van der Waals surface area (Å²) in [6.07, 6.45) is 0. The Morgan fingerprint density at radius 1 is 1.67 bits per heavy atom. The van der Waals surface area contributed by atoms with Crippen molar-refractivity contribution in [3.63, 3.8) is 0 Å². The van der Waals surface area contributed by atoms with Gasteiger partial charge in [-0.25, -0.2) is 0 Å². The summed E-state index contributed by atoms with van der Waals surface area (Å²) in [5.41, 5.74) is 1.33. The molecule has 0 aromatic carbocycles. The number of anilines is 1. The Bertz CT molecular complexity index is 207. The molecule has 1 aromatic heterocycles. The van der Waals surface area contributed by atoms with E-state index in [4.69, 9.17) is 0 Å². The molecule has 0 radical (unpaired) electrons. The zero-order chi connectivity index (χ0) is 6.85. The summed E-state index contributed by atoms with van der Waals surface area (Å²) >= 11 is 1.77. The molecular formula is C6H10NPS. The van der Waals surface area contributed by atoms with Crippen molar-refractivity contribution in [3.05, 3.63) is 11.6 Å². The summed E-state index contributed by atoms with van der Waals surface area (Å²) in [7, 11) is 4.64. The van der Waals surface area contributed by atoms with E-state index >= 15 is 0 Å². The van der Waals surface area contributed by atoms with Gasteiger partial charge in [0.1, 0.15) is 0 Å². The van der Waals surface area contributed by atoms with Gasteiger partial charge in [-0.2, -0.15) is 0 Å². The normalized spacial score (nSPS) is 9.67. The Morgan fingerprint density at radius 2 is 2.33 bits per heavy atom. The van der Waals surface area contributed by atoms with Crippen molar-refractivity contribution in [3.8, 4) is 0 Å². The summed E-state index contributed by atoms with van der Waals surface area (Å²) in [4.78, 5) is 0. The maximum Gasteiger partial charge on any atom is 0.0916 e. The van der Waals surface area contributed by atoms with Crippen molar-refractivity contribution >= 4 is 30.2 Å². The van der Waals surface area contributed by atoms with Crippen LogP contribution in [0.1, 0.15) is 5.56 Å². The molecule has 0 amide bonds. The van der Waals surface area contributed by atoms with E-state index in [1.165, 1.54) is 15.2 Å². The van der Waals surface area contributed by atoms with Gasteiger partial charge in [-0.05, 0) is 18.6 Å². The van der Waals surface area contributed by atoms with Crippen molar-refractivity contribution in [2.45, 2.75) is 6.92 Å². The SMILES string of the molecule is CNc1sc(P)cc1C. The molecule has 0 fully saturated rings. The first kappa shape index (κ1) is 7.04. The van der Waals surface area contributed by atoms with Crippen LogP contribution in [0.15, 0.2) is 6.07 Å². The number of thiophene rings is 1. The number of nitrogens with one attached hydrogen (secondary N) is 1. The lowest BCUT2D eigenvalue weighted by atomic mass is 10.4. The molecule has 0 saturated carbocycles. The van der Waals surface area contributed by atoms with Crippen LogP contribution < -0.4 is 9.94 Å². The van der Waals surface area contributed by atoms with Crippen molar-refractivity contribution in [1.82, 2.24) is 0 Å². The van der Waals surface area contributed by atoms with Crippen LogP contribution in [0.5, 0.6) is 0 Å². The zero-order valence-electron chi connectivity index (χ0n) is 5.56. The lowest BCUT2D eigenvalue weighted by molar-refractivity contribution is 1.48. The molecule has 1 nitrogen and oxygen atoms in total. The molecule has 1 aromatic rings. The number of rotatable bonds is 1. The molecule has 1 N–H and O–H groups in total. The van der Waals surface area contributed by atoms with E-state index in [1.54, 1.807) is 11.3 Å². The van der Waals surface area contributed by atoms with Crippen LogP contribution in [-0.2, 0) is 0 Å². The van der Waals surface area contributed by atoms with Gasteiger partial charge in [0.05, 0.1) is 5.00 Å². The highest BCUT2D eigenvalue weighted by molar-refractivity contribution is 7.44. The Hall–Kier alpha value is -0.0700. The number of hydrogen-bond acceptors (Lipinski definition) is 2. The largest absolute Gasteiger partial charge is 0.380 e. The van der Waals surface area contributed by atoms with Crippen LogP contribution in [0, 0.1) is 6.92 Å². The minimum atomic E-state index is 1.26. The van der Waals surface area contributed by atoms with Gasteiger partial charge in [0.15, 0.2) is 0 Å². The Balaban J connectivity index is 3.01. The molecule has 9 heavy (non-hydrogen) atoms. The molecule has 1 rings (SSSR count). The van der Waals surface area contributed by atoms with E-state index in [-0.39, 0.29) is 0 Å². The molecule has 0 saturated heterocycles. The van der Waals surface area contributed by atoms with E-state index in [1.807, 2.05) is 7.05 Å². The standard InChI is InChI=1S/C6H10NPS/c1-4-3-5(8)9-6(4)7-2/h3,7H,8H2,1-2H3. The topological polar surface area (TPSA) is 12.0 Å². The van der Waals surface area contributed by atoms with Gasteiger partial charge in [-0.15, -0.1) is 11.3 Å². The monoisotopic (exact) mass is 159 g/mol. The van der Waals surface area contributed by atoms with Gasteiger partial charge >= 0.3 is 0 Å². The van der Waals surface area contributed by atoms with Crippen LogP contribution in [-0.4, -0.2) is 7.05 Å². The number of hydrogen-bond donors (Lipinski definition) is 1. The summed E-state index contributed by atoms with van der Waals surface area (Å²) in [5.74, 6) is 0. The maximum atomic E-state index is 3.12. The molecule has 50 valence electrons. The minimum absolute atomic E-state index is 1.26. The predicted octanol–water partition coefficient (Wildman–Crippen LogP) is 1.60. The summed E-state index contributed by atoms with van der Waals surface area (Å²) < 4.78 is 1.29. The van der Waals surface area contributed by atoms with E-state index < -0.39 is 0 Å². The molecule has 0 aliphatic carbocycles. The summed E-state index contributed by atoms with van der Waals surface area (Å²) in [5, 5.41) is 4.39. The fourth-order valence-corrected chi connectivity index (χ4v) is 2.15. The minimum Gasteiger partial charge on any atom is -0.380 e. The first-order valence-electron chi connectivity index (χ1n) is 2.77. The van der Waals surface area contributed by atoms with Crippen molar-refractivity contribution in [2.75, 3.05) is 12.4 Å². The van der Waals surface area contributed by atoms with Gasteiger partial charge < -0.3 is 5.32 Å². The molecule has 1 unspecified atom stereocenters. The molecule has 1 heterocycles. The van der Waals surface area contributed by atoms with E-state index in [0.29, 0.717) is 0 Å². The van der Waals surface area contributed by atoms with Crippen molar-refractivity contribution < 1.29 is 0 Å². The van der Waals surface area contributed by atoms with Crippen molar-refractivity contribution in [2.24, 2.45) is 0 Å². The van der Waals surface area contributed by atoms with Gasteiger partial charge in [0.25, 0.3) is 0 Å². The lowest BCUT2D eigenvalue weighted by Gasteiger charge is -1.92. The third-order valence-corrected chi connectivity index (χ3v) is 2.77. The van der Waals surface area contributed by atoms with Gasteiger partial charge in [-0.3, -0.25) is 0 Å². The average Bonchev–Trinajstić information content (AvgIpc) is 2.10. The second kappa shape index (κ2) is 2.68. The van der Waals surface area contributed by atoms with E-state index in [0.717, 1.165) is 0 Å². The smallest absolute Gasteiger partial charge is 0.0916 e. The fourth-order valence-electron chi connectivity index (χ4n) is 0.755. The van der Waals surface area contributed by atoms with Gasteiger partial charge in [-0.1, -0.05) is 9.24 Å². The zero-order valence-corrected chi connectivity index (χ0v) is 7.53. The quantitative estimate of drug-likeness (QED) is 0.614. The second-order valence-electron chi connectivity index (χ2n) is 1.91. The van der Waals surface area contributed by atoms with Crippen molar-refractivity contribution in [1.29, 1.82) is 0 Å². The molecule has 3 heteroatoms. The third kappa shape index (κ3) is 1.44. The van der Waals surface area contributed by atoms with E-state index in [2.05, 4.69) is 27.5 Å². The van der Waals surface area contributed by atoms with Crippen LogP contribution in [0.4, 0.5) is 5.00 Å². The highest BCUT2D eigenvalue weighted by Crippen LogP contribution is 2.20. The predicted molar refractivity (Wildman–Crippen MR) is 47.9 cm³/mol. The first-order chi connectivity index (χ1) is 4.24. The highest BCUT2D eigenvalue weighted by atomic mass is 32.1.